The summed E-state index contributed by atoms with van der Waals surface area (Å²) in [7, 11) is 0. The van der Waals surface area contributed by atoms with Crippen molar-refractivity contribution in [3.63, 3.8) is 0 Å². The molecule has 1 atom stereocenters. The van der Waals surface area contributed by atoms with Gasteiger partial charge in [0.2, 0.25) is 0 Å². The van der Waals surface area contributed by atoms with Crippen LogP contribution in [0.3, 0.4) is 0 Å². The van der Waals surface area contributed by atoms with Crippen molar-refractivity contribution >= 4 is 21.8 Å². The van der Waals surface area contributed by atoms with Crippen LogP contribution in [-0.4, -0.2) is 38.4 Å². The number of nitrogens with one attached hydrogen (secondary N) is 1. The molecule has 1 N–H and O–H groups in total. The molecular formula is C15H19BrFNO3. The van der Waals surface area contributed by atoms with Crippen LogP contribution in [0.1, 0.15) is 29.6 Å². The van der Waals surface area contributed by atoms with Crippen LogP contribution >= 0.6 is 15.9 Å². The van der Waals surface area contributed by atoms with E-state index in [2.05, 4.69) is 21.2 Å². The SMILES string of the molecule is O=C(NCCCOCC1CCCO1)c1cc(Br)ccc1F. The molecule has 1 aliphatic heterocycles. The maximum atomic E-state index is 13.5. The summed E-state index contributed by atoms with van der Waals surface area (Å²) in [5, 5.41) is 2.68. The first kappa shape index (κ1) is 16.4. The Hall–Kier alpha value is -0.980. The Bertz CT molecular complexity index is 478. The molecule has 1 fully saturated rings. The van der Waals surface area contributed by atoms with E-state index in [1.807, 2.05) is 0 Å². The summed E-state index contributed by atoms with van der Waals surface area (Å²) in [6.45, 7) is 2.44. The summed E-state index contributed by atoms with van der Waals surface area (Å²) in [4.78, 5) is 11.8. The van der Waals surface area contributed by atoms with Crippen molar-refractivity contribution in [2.24, 2.45) is 0 Å². The average molecular weight is 360 g/mol. The number of carbonyl (C=O) groups excluding carboxylic acids is 1. The van der Waals surface area contributed by atoms with Crippen molar-refractivity contribution in [3.05, 3.63) is 34.1 Å². The molecule has 6 heteroatoms. The highest BCUT2D eigenvalue weighted by Crippen LogP contribution is 2.15. The van der Waals surface area contributed by atoms with Crippen LogP contribution < -0.4 is 5.32 Å². The highest BCUT2D eigenvalue weighted by molar-refractivity contribution is 9.10. The molecule has 2 rings (SSSR count). The highest BCUT2D eigenvalue weighted by Gasteiger charge is 2.15. The van der Waals surface area contributed by atoms with Crippen LogP contribution in [0.2, 0.25) is 0 Å². The van der Waals surface area contributed by atoms with Gasteiger partial charge in [0.1, 0.15) is 5.82 Å². The first-order valence-corrected chi connectivity index (χ1v) is 7.88. The normalized spacial score (nSPS) is 17.9. The van der Waals surface area contributed by atoms with Gasteiger partial charge in [-0.2, -0.15) is 0 Å². The van der Waals surface area contributed by atoms with Crippen molar-refractivity contribution < 1.29 is 18.7 Å². The molecule has 1 aliphatic rings. The summed E-state index contributed by atoms with van der Waals surface area (Å²) in [5.74, 6) is -0.932. The number of halogens is 2. The summed E-state index contributed by atoms with van der Waals surface area (Å²) < 4.78 is 25.1. The molecule has 0 radical (unpaired) electrons. The predicted octanol–water partition coefficient (Wildman–Crippen LogP) is 2.90. The fourth-order valence-corrected chi connectivity index (χ4v) is 2.49. The molecular weight excluding hydrogens is 341 g/mol. The Morgan fingerprint density at radius 2 is 2.38 bits per heavy atom. The van der Waals surface area contributed by atoms with E-state index in [9.17, 15) is 9.18 Å². The van der Waals surface area contributed by atoms with Gasteiger partial charge in [0, 0.05) is 24.2 Å². The smallest absolute Gasteiger partial charge is 0.254 e. The van der Waals surface area contributed by atoms with Crippen LogP contribution in [-0.2, 0) is 9.47 Å². The molecule has 0 saturated carbocycles. The van der Waals surface area contributed by atoms with E-state index < -0.39 is 11.7 Å². The lowest BCUT2D eigenvalue weighted by atomic mass is 10.2. The quantitative estimate of drug-likeness (QED) is 0.761. The Morgan fingerprint density at radius 1 is 1.52 bits per heavy atom. The lowest BCUT2D eigenvalue weighted by molar-refractivity contribution is 0.0166. The van der Waals surface area contributed by atoms with Crippen molar-refractivity contribution in [2.75, 3.05) is 26.4 Å². The third-order valence-electron chi connectivity index (χ3n) is 3.25. The number of benzene rings is 1. The minimum absolute atomic E-state index is 0.0460. The molecule has 1 amide bonds. The molecule has 4 nitrogen and oxygen atoms in total. The number of hydrogen-bond acceptors (Lipinski definition) is 3. The molecule has 1 unspecified atom stereocenters. The van der Waals surface area contributed by atoms with Crippen molar-refractivity contribution in [1.82, 2.24) is 5.32 Å². The Labute approximate surface area is 132 Å². The van der Waals surface area contributed by atoms with Gasteiger partial charge in [-0.3, -0.25) is 4.79 Å². The second-order valence-electron chi connectivity index (χ2n) is 4.94. The van der Waals surface area contributed by atoms with Crippen molar-refractivity contribution in [2.45, 2.75) is 25.4 Å². The Balaban J connectivity index is 1.61. The second kappa shape index (κ2) is 8.46. The van der Waals surface area contributed by atoms with Crippen LogP contribution in [0.15, 0.2) is 22.7 Å². The van der Waals surface area contributed by atoms with Gasteiger partial charge in [-0.25, -0.2) is 4.39 Å². The zero-order valence-corrected chi connectivity index (χ0v) is 13.3. The number of ether oxygens (including phenoxy) is 2. The van der Waals surface area contributed by atoms with E-state index in [1.54, 1.807) is 6.07 Å². The highest BCUT2D eigenvalue weighted by atomic mass is 79.9. The topological polar surface area (TPSA) is 47.6 Å². The summed E-state index contributed by atoms with van der Waals surface area (Å²) in [6, 6.07) is 4.30. The van der Waals surface area contributed by atoms with Gasteiger partial charge in [-0.1, -0.05) is 15.9 Å². The third kappa shape index (κ3) is 5.37. The fraction of sp³-hybridized carbons (Fsp3) is 0.533. The zero-order chi connectivity index (χ0) is 15.1. The van der Waals surface area contributed by atoms with Crippen molar-refractivity contribution in [1.29, 1.82) is 0 Å². The standard InChI is InChI=1S/C15H19BrFNO3/c16-11-4-5-14(17)13(9-11)15(19)18-6-2-7-20-10-12-3-1-8-21-12/h4-5,9,12H,1-3,6-8,10H2,(H,18,19). The minimum atomic E-state index is -0.523. The van der Waals surface area contributed by atoms with E-state index in [1.165, 1.54) is 12.1 Å². The van der Waals surface area contributed by atoms with Gasteiger partial charge in [0.25, 0.3) is 5.91 Å². The van der Waals surface area contributed by atoms with E-state index in [0.29, 0.717) is 30.7 Å². The van der Waals surface area contributed by atoms with Gasteiger partial charge in [-0.15, -0.1) is 0 Å². The van der Waals surface area contributed by atoms with E-state index >= 15 is 0 Å². The molecule has 116 valence electrons. The minimum Gasteiger partial charge on any atom is -0.379 e. The Kier molecular flexibility index (Phi) is 6.60. The van der Waals surface area contributed by atoms with Gasteiger partial charge < -0.3 is 14.8 Å². The van der Waals surface area contributed by atoms with Gasteiger partial charge >= 0.3 is 0 Å². The lowest BCUT2D eigenvalue weighted by Crippen LogP contribution is -2.26. The van der Waals surface area contributed by atoms with Crippen molar-refractivity contribution in [3.8, 4) is 0 Å². The predicted molar refractivity (Wildman–Crippen MR) is 80.8 cm³/mol. The lowest BCUT2D eigenvalue weighted by Gasteiger charge is -2.10. The van der Waals surface area contributed by atoms with Gasteiger partial charge in [0.05, 0.1) is 18.3 Å². The largest absolute Gasteiger partial charge is 0.379 e. The Morgan fingerprint density at radius 3 is 3.14 bits per heavy atom. The van der Waals surface area contributed by atoms with Crippen LogP contribution in [0.25, 0.3) is 0 Å². The molecule has 1 aromatic carbocycles. The van der Waals surface area contributed by atoms with E-state index in [0.717, 1.165) is 19.4 Å². The molecule has 1 heterocycles. The monoisotopic (exact) mass is 359 g/mol. The first-order chi connectivity index (χ1) is 10.2. The van der Waals surface area contributed by atoms with Crippen LogP contribution in [0, 0.1) is 5.82 Å². The maximum Gasteiger partial charge on any atom is 0.254 e. The maximum absolute atomic E-state index is 13.5. The summed E-state index contributed by atoms with van der Waals surface area (Å²) in [6.07, 6.45) is 3.06. The number of rotatable bonds is 7. The molecule has 0 bridgehead atoms. The first-order valence-electron chi connectivity index (χ1n) is 7.09. The second-order valence-corrected chi connectivity index (χ2v) is 5.86. The zero-order valence-electron chi connectivity index (χ0n) is 11.7. The van der Waals surface area contributed by atoms with Gasteiger partial charge in [-0.05, 0) is 37.5 Å². The fourth-order valence-electron chi connectivity index (χ4n) is 2.13. The average Bonchev–Trinajstić information content (AvgIpc) is 2.98. The van der Waals surface area contributed by atoms with E-state index in [-0.39, 0.29) is 11.7 Å². The molecule has 0 aliphatic carbocycles. The molecule has 21 heavy (non-hydrogen) atoms. The third-order valence-corrected chi connectivity index (χ3v) is 3.75. The van der Waals surface area contributed by atoms with Crippen LogP contribution in [0.4, 0.5) is 4.39 Å². The molecule has 0 aromatic heterocycles. The number of hydrogen-bond donors (Lipinski definition) is 1. The molecule has 0 spiro atoms. The summed E-state index contributed by atoms with van der Waals surface area (Å²) >= 11 is 3.22. The van der Waals surface area contributed by atoms with Crippen LogP contribution in [0.5, 0.6) is 0 Å². The molecule has 1 aromatic rings. The number of carbonyl (C=O) groups is 1. The molecule has 1 saturated heterocycles. The van der Waals surface area contributed by atoms with E-state index in [4.69, 9.17) is 9.47 Å². The number of amides is 1. The summed E-state index contributed by atoms with van der Waals surface area (Å²) in [5.41, 5.74) is 0.0460. The van der Waals surface area contributed by atoms with Gasteiger partial charge in [0.15, 0.2) is 0 Å².